The molecule has 0 amide bonds. The van der Waals surface area contributed by atoms with Crippen molar-refractivity contribution in [3.8, 4) is 0 Å². The van der Waals surface area contributed by atoms with Gasteiger partial charge in [-0.3, -0.25) is 0 Å². The van der Waals surface area contributed by atoms with E-state index in [1.54, 1.807) is 23.5 Å². The van der Waals surface area contributed by atoms with E-state index in [2.05, 4.69) is 28.3 Å². The lowest BCUT2D eigenvalue weighted by Gasteiger charge is -2.13. The Hall–Kier alpha value is -1.99. The van der Waals surface area contributed by atoms with Crippen LogP contribution in [0.5, 0.6) is 0 Å². The van der Waals surface area contributed by atoms with Gasteiger partial charge in [0.25, 0.3) is 0 Å². The van der Waals surface area contributed by atoms with Crippen LogP contribution in [0, 0.1) is 0 Å². The van der Waals surface area contributed by atoms with Gasteiger partial charge in [0.2, 0.25) is 0 Å². The fourth-order valence-corrected chi connectivity index (χ4v) is 5.60. The minimum absolute atomic E-state index is 0.0581. The van der Waals surface area contributed by atoms with E-state index in [0.717, 1.165) is 22.2 Å². The highest BCUT2D eigenvalue weighted by molar-refractivity contribution is 7.91. The van der Waals surface area contributed by atoms with Gasteiger partial charge in [-0.05, 0) is 24.1 Å². The van der Waals surface area contributed by atoms with Gasteiger partial charge in [-0.15, -0.1) is 11.3 Å². The van der Waals surface area contributed by atoms with Crippen LogP contribution in [0.25, 0.3) is 10.2 Å². The highest BCUT2D eigenvalue weighted by Gasteiger charge is 2.34. The van der Waals surface area contributed by atoms with Gasteiger partial charge in [0, 0.05) is 4.88 Å². The summed E-state index contributed by atoms with van der Waals surface area (Å²) in [6.45, 7) is 2.10. The molecule has 118 valence electrons. The second kappa shape index (κ2) is 5.28. The minimum atomic E-state index is -3.23. The third kappa shape index (κ3) is 2.40. The van der Waals surface area contributed by atoms with E-state index in [0.29, 0.717) is 10.7 Å². The lowest BCUT2D eigenvalue weighted by molar-refractivity contribution is 0.598. The fraction of sp³-hybridized carbons (Fsp3) is 0.250. The maximum absolute atomic E-state index is 12.3. The maximum Gasteiger partial charge on any atom is 0.181 e. The summed E-state index contributed by atoms with van der Waals surface area (Å²) in [5.41, 5.74) is 0.810. The molecule has 1 aromatic carbocycles. The van der Waals surface area contributed by atoms with Crippen LogP contribution >= 0.6 is 11.3 Å². The Morgan fingerprint density at radius 1 is 1.30 bits per heavy atom. The Labute approximate surface area is 138 Å². The highest BCUT2D eigenvalue weighted by atomic mass is 32.2. The molecule has 1 N–H and O–H groups in total. The third-order valence-corrected chi connectivity index (χ3v) is 7.06. The quantitative estimate of drug-likeness (QED) is 0.789. The van der Waals surface area contributed by atoms with Crippen molar-refractivity contribution in [1.82, 2.24) is 9.97 Å². The topological polar surface area (TPSA) is 72.0 Å². The predicted octanol–water partition coefficient (Wildman–Crippen LogP) is 3.19. The molecule has 1 aliphatic rings. The van der Waals surface area contributed by atoms with E-state index in [9.17, 15) is 8.42 Å². The van der Waals surface area contributed by atoms with Crippen molar-refractivity contribution in [3.63, 3.8) is 0 Å². The van der Waals surface area contributed by atoms with Crippen molar-refractivity contribution in [2.75, 3.05) is 11.1 Å². The van der Waals surface area contributed by atoms with Gasteiger partial charge in [0.05, 0.1) is 22.1 Å². The number of nitrogens with one attached hydrogen (secondary N) is 1. The third-order valence-electron chi connectivity index (χ3n) is 4.06. The number of rotatable bonds is 3. The summed E-state index contributed by atoms with van der Waals surface area (Å²) >= 11 is 1.65. The molecule has 3 heterocycles. The zero-order valence-corrected chi connectivity index (χ0v) is 14.1. The number of aryl methyl sites for hydroxylation is 1. The van der Waals surface area contributed by atoms with Gasteiger partial charge < -0.3 is 5.32 Å². The smallest absolute Gasteiger partial charge is 0.181 e. The van der Waals surface area contributed by atoms with Crippen molar-refractivity contribution < 1.29 is 8.42 Å². The number of hydrogen-bond acceptors (Lipinski definition) is 6. The summed E-state index contributed by atoms with van der Waals surface area (Å²) in [6, 6.07) is 8.96. The molecule has 1 atom stereocenters. The first-order valence-corrected chi connectivity index (χ1v) is 9.87. The molecule has 0 saturated carbocycles. The number of fused-ring (bicyclic) bond motifs is 2. The number of thiophene rings is 1. The van der Waals surface area contributed by atoms with Gasteiger partial charge >= 0.3 is 0 Å². The largest absolute Gasteiger partial charge is 0.362 e. The van der Waals surface area contributed by atoms with Crippen molar-refractivity contribution in [1.29, 1.82) is 0 Å². The molecule has 0 fully saturated rings. The Balaban J connectivity index is 1.76. The number of benzene rings is 1. The second-order valence-corrected chi connectivity index (χ2v) is 8.64. The first-order chi connectivity index (χ1) is 11.1. The van der Waals surface area contributed by atoms with Crippen LogP contribution in [0.3, 0.4) is 0 Å². The molecule has 4 rings (SSSR count). The van der Waals surface area contributed by atoms with Gasteiger partial charge in [0.15, 0.2) is 9.84 Å². The lowest BCUT2D eigenvalue weighted by Crippen LogP contribution is -2.14. The standard InChI is InChI=1S/C16H15N3O2S2/c1-2-10-7-12-15(17-9-18-16(12)22-10)19-13-8-23(20,21)14-6-4-3-5-11(13)14/h3-7,9,13H,2,8H2,1H3,(H,17,18,19)/t13-/m1/s1. The highest BCUT2D eigenvalue weighted by Crippen LogP contribution is 2.37. The molecule has 0 aliphatic carbocycles. The molecule has 0 saturated heterocycles. The molecule has 0 radical (unpaired) electrons. The molecule has 3 aromatic rings. The lowest BCUT2D eigenvalue weighted by atomic mass is 10.1. The number of hydrogen-bond donors (Lipinski definition) is 1. The molecule has 7 heteroatoms. The molecule has 2 aromatic heterocycles. The van der Waals surface area contributed by atoms with Crippen LogP contribution in [0.4, 0.5) is 5.82 Å². The van der Waals surface area contributed by atoms with Gasteiger partial charge in [-0.1, -0.05) is 25.1 Å². The average Bonchev–Trinajstić information content (AvgIpc) is 3.08. The summed E-state index contributed by atoms with van der Waals surface area (Å²) in [7, 11) is -3.23. The Bertz CT molecular complexity index is 995. The number of sulfone groups is 1. The van der Waals surface area contributed by atoms with Gasteiger partial charge in [-0.25, -0.2) is 18.4 Å². The normalized spacial score (nSPS) is 18.9. The predicted molar refractivity (Wildman–Crippen MR) is 91.7 cm³/mol. The number of aromatic nitrogens is 2. The van der Waals surface area contributed by atoms with Gasteiger partial charge in [-0.2, -0.15) is 0 Å². The first-order valence-electron chi connectivity index (χ1n) is 7.40. The number of nitrogens with zero attached hydrogens (tertiary/aromatic N) is 2. The SMILES string of the molecule is CCc1cc2c(N[C@@H]3CS(=O)(=O)c4ccccc43)ncnc2s1. The van der Waals surface area contributed by atoms with Crippen LogP contribution in [-0.4, -0.2) is 24.1 Å². The molecule has 1 aliphatic heterocycles. The molecule has 0 bridgehead atoms. The minimum Gasteiger partial charge on any atom is -0.362 e. The van der Waals surface area contributed by atoms with E-state index in [1.807, 2.05) is 12.1 Å². The molecule has 5 nitrogen and oxygen atoms in total. The van der Waals surface area contributed by atoms with Crippen molar-refractivity contribution in [2.45, 2.75) is 24.3 Å². The summed E-state index contributed by atoms with van der Waals surface area (Å²) in [5.74, 6) is 0.755. The van der Waals surface area contributed by atoms with Crippen LogP contribution in [0.15, 0.2) is 41.6 Å². The monoisotopic (exact) mass is 345 g/mol. The van der Waals surface area contributed by atoms with E-state index < -0.39 is 9.84 Å². The Morgan fingerprint density at radius 2 is 2.13 bits per heavy atom. The zero-order chi connectivity index (χ0) is 16.0. The van der Waals surface area contributed by atoms with Crippen molar-refractivity contribution >= 4 is 37.2 Å². The summed E-state index contributed by atoms with van der Waals surface area (Å²) in [5, 5.41) is 4.26. The van der Waals surface area contributed by atoms with Crippen molar-refractivity contribution in [2.24, 2.45) is 0 Å². The molecular formula is C16H15N3O2S2. The van der Waals surface area contributed by atoms with E-state index in [-0.39, 0.29) is 11.8 Å². The first kappa shape index (κ1) is 14.6. The molecular weight excluding hydrogens is 330 g/mol. The van der Waals surface area contributed by atoms with E-state index in [1.165, 1.54) is 11.2 Å². The average molecular weight is 345 g/mol. The Kier molecular flexibility index (Phi) is 3.35. The van der Waals surface area contributed by atoms with Crippen LogP contribution in [0.1, 0.15) is 23.4 Å². The summed E-state index contributed by atoms with van der Waals surface area (Å²) in [4.78, 5) is 11.2. The van der Waals surface area contributed by atoms with Crippen LogP contribution < -0.4 is 5.32 Å². The maximum atomic E-state index is 12.3. The second-order valence-electron chi connectivity index (χ2n) is 5.52. The Morgan fingerprint density at radius 3 is 2.96 bits per heavy atom. The summed E-state index contributed by atoms with van der Waals surface area (Å²) < 4.78 is 24.6. The molecule has 0 unspecified atom stereocenters. The van der Waals surface area contributed by atoms with Crippen LogP contribution in [-0.2, 0) is 16.3 Å². The van der Waals surface area contributed by atoms with E-state index >= 15 is 0 Å². The van der Waals surface area contributed by atoms with Crippen LogP contribution in [0.2, 0.25) is 0 Å². The number of anilines is 1. The zero-order valence-electron chi connectivity index (χ0n) is 12.5. The summed E-state index contributed by atoms with van der Waals surface area (Å²) in [6.07, 6.45) is 2.47. The fourth-order valence-electron chi connectivity index (χ4n) is 2.93. The van der Waals surface area contributed by atoms with Crippen molar-refractivity contribution in [3.05, 3.63) is 47.1 Å². The van der Waals surface area contributed by atoms with Gasteiger partial charge in [0.1, 0.15) is 17.0 Å². The molecule has 23 heavy (non-hydrogen) atoms. The molecule has 0 spiro atoms. The van der Waals surface area contributed by atoms with E-state index in [4.69, 9.17) is 0 Å².